The molecule has 0 aliphatic rings. The first-order valence-corrected chi connectivity index (χ1v) is 9.37. The summed E-state index contributed by atoms with van der Waals surface area (Å²) in [7, 11) is -3.50. The summed E-state index contributed by atoms with van der Waals surface area (Å²) in [6.45, 7) is 4.07. The topological polar surface area (TPSA) is 63.2 Å². The molecule has 0 bridgehead atoms. The minimum atomic E-state index is -3.50. The molecule has 1 amide bonds. The molecule has 0 saturated carbocycles. The first kappa shape index (κ1) is 17.5. The van der Waals surface area contributed by atoms with Gasteiger partial charge >= 0.3 is 0 Å². The smallest absolute Gasteiger partial charge is 0.255 e. The number of sulfone groups is 1. The molecule has 0 spiro atoms. The van der Waals surface area contributed by atoms with Gasteiger partial charge in [-0.15, -0.1) is 0 Å². The lowest BCUT2D eigenvalue weighted by molar-refractivity contribution is 0.102. The molecule has 2 aromatic rings. The largest absolute Gasteiger partial charge is 0.322 e. The van der Waals surface area contributed by atoms with E-state index in [0.717, 1.165) is 11.8 Å². The second kappa shape index (κ2) is 6.72. The van der Waals surface area contributed by atoms with Crippen LogP contribution in [0.4, 0.5) is 5.69 Å². The van der Waals surface area contributed by atoms with E-state index in [2.05, 4.69) is 5.32 Å². The third-order valence-electron chi connectivity index (χ3n) is 3.42. The van der Waals surface area contributed by atoms with E-state index in [1.165, 1.54) is 18.2 Å². The SMILES string of the molecule is CC(C)c1ccccc1NC(=O)c1ccc(Cl)c(S(C)(=O)=O)c1. The predicted octanol–water partition coefficient (Wildman–Crippen LogP) is 4.12. The van der Waals surface area contributed by atoms with Crippen LogP contribution in [0.15, 0.2) is 47.4 Å². The predicted molar refractivity (Wildman–Crippen MR) is 93.0 cm³/mol. The molecule has 0 radical (unpaired) electrons. The second-order valence-corrected chi connectivity index (χ2v) is 8.00. The number of benzene rings is 2. The van der Waals surface area contributed by atoms with Gasteiger partial charge in [-0.25, -0.2) is 8.42 Å². The number of rotatable bonds is 4. The summed E-state index contributed by atoms with van der Waals surface area (Å²) in [5, 5.41) is 2.93. The highest BCUT2D eigenvalue weighted by molar-refractivity contribution is 7.90. The lowest BCUT2D eigenvalue weighted by atomic mass is 10.0. The highest BCUT2D eigenvalue weighted by Crippen LogP contribution is 2.26. The first-order chi connectivity index (χ1) is 10.7. The van der Waals surface area contributed by atoms with Crippen molar-refractivity contribution >= 4 is 33.0 Å². The minimum absolute atomic E-state index is 0.0519. The van der Waals surface area contributed by atoms with Crippen molar-refractivity contribution in [1.29, 1.82) is 0 Å². The third-order valence-corrected chi connectivity index (χ3v) is 5.00. The second-order valence-electron chi connectivity index (χ2n) is 5.61. The molecule has 0 aliphatic heterocycles. The average Bonchev–Trinajstić information content (AvgIpc) is 2.46. The molecule has 6 heteroatoms. The number of anilines is 1. The number of amides is 1. The van der Waals surface area contributed by atoms with Crippen molar-refractivity contribution in [2.45, 2.75) is 24.7 Å². The van der Waals surface area contributed by atoms with Crippen LogP contribution in [0.2, 0.25) is 5.02 Å². The van der Waals surface area contributed by atoms with Crippen molar-refractivity contribution in [2.75, 3.05) is 11.6 Å². The molecule has 23 heavy (non-hydrogen) atoms. The van der Waals surface area contributed by atoms with Gasteiger partial charge < -0.3 is 5.32 Å². The van der Waals surface area contributed by atoms with E-state index >= 15 is 0 Å². The van der Waals surface area contributed by atoms with E-state index in [1.54, 1.807) is 0 Å². The molecule has 1 N–H and O–H groups in total. The molecule has 0 aromatic heterocycles. The van der Waals surface area contributed by atoms with Crippen LogP contribution in [0.3, 0.4) is 0 Å². The van der Waals surface area contributed by atoms with Crippen LogP contribution in [-0.4, -0.2) is 20.6 Å². The Hall–Kier alpha value is -1.85. The third kappa shape index (κ3) is 4.12. The number of para-hydroxylation sites is 1. The van der Waals surface area contributed by atoms with Gasteiger partial charge in [-0.1, -0.05) is 43.6 Å². The van der Waals surface area contributed by atoms with Gasteiger partial charge in [0, 0.05) is 17.5 Å². The molecule has 0 saturated heterocycles. The normalized spacial score (nSPS) is 11.5. The molecule has 4 nitrogen and oxygen atoms in total. The van der Waals surface area contributed by atoms with Crippen molar-refractivity contribution in [1.82, 2.24) is 0 Å². The highest BCUT2D eigenvalue weighted by atomic mass is 35.5. The van der Waals surface area contributed by atoms with Crippen molar-refractivity contribution < 1.29 is 13.2 Å². The van der Waals surface area contributed by atoms with Gasteiger partial charge in [0.2, 0.25) is 0 Å². The van der Waals surface area contributed by atoms with E-state index in [1.807, 2.05) is 38.1 Å². The van der Waals surface area contributed by atoms with Crippen LogP contribution >= 0.6 is 11.6 Å². The molecular formula is C17H18ClNO3S. The van der Waals surface area contributed by atoms with Gasteiger partial charge in [0.05, 0.1) is 9.92 Å². The standard InChI is InChI=1S/C17H18ClNO3S/c1-11(2)13-6-4-5-7-15(13)19-17(20)12-8-9-14(18)16(10-12)23(3,21)22/h4-11H,1-3H3,(H,19,20). The lowest BCUT2D eigenvalue weighted by Gasteiger charge is -2.14. The summed E-state index contributed by atoms with van der Waals surface area (Å²) in [6, 6.07) is 11.7. The monoisotopic (exact) mass is 351 g/mol. The fourth-order valence-electron chi connectivity index (χ4n) is 2.24. The summed E-state index contributed by atoms with van der Waals surface area (Å²) < 4.78 is 23.4. The van der Waals surface area contributed by atoms with Crippen LogP contribution in [-0.2, 0) is 9.84 Å². The van der Waals surface area contributed by atoms with Gasteiger partial charge in [-0.3, -0.25) is 4.79 Å². The fourth-order valence-corrected chi connectivity index (χ4v) is 3.54. The summed E-state index contributed by atoms with van der Waals surface area (Å²) >= 11 is 5.90. The maximum Gasteiger partial charge on any atom is 0.255 e. The molecule has 0 heterocycles. The van der Waals surface area contributed by atoms with Crippen LogP contribution < -0.4 is 5.32 Å². The number of hydrogen-bond acceptors (Lipinski definition) is 3. The van der Waals surface area contributed by atoms with Crippen molar-refractivity contribution in [3.05, 3.63) is 58.6 Å². The van der Waals surface area contributed by atoms with Crippen LogP contribution in [0.1, 0.15) is 35.7 Å². The highest BCUT2D eigenvalue weighted by Gasteiger charge is 2.17. The zero-order valence-electron chi connectivity index (χ0n) is 13.1. The Labute approximate surface area is 141 Å². The first-order valence-electron chi connectivity index (χ1n) is 7.10. The Balaban J connectivity index is 2.36. The van der Waals surface area contributed by atoms with Gasteiger partial charge in [0.25, 0.3) is 5.91 Å². The number of carbonyl (C=O) groups is 1. The Morgan fingerprint density at radius 1 is 1.13 bits per heavy atom. The van der Waals surface area contributed by atoms with Gasteiger partial charge in [-0.05, 0) is 35.7 Å². The van der Waals surface area contributed by atoms with E-state index in [-0.39, 0.29) is 27.3 Å². The summed E-state index contributed by atoms with van der Waals surface area (Å²) in [5.74, 6) is -0.122. The number of carbonyl (C=O) groups excluding carboxylic acids is 1. The molecule has 2 rings (SSSR count). The van der Waals surface area contributed by atoms with E-state index in [9.17, 15) is 13.2 Å². The van der Waals surface area contributed by atoms with Gasteiger partial charge in [0.1, 0.15) is 0 Å². The van der Waals surface area contributed by atoms with Gasteiger partial charge in [-0.2, -0.15) is 0 Å². The maximum atomic E-state index is 12.4. The summed E-state index contributed by atoms with van der Waals surface area (Å²) in [6.07, 6.45) is 1.06. The summed E-state index contributed by atoms with van der Waals surface area (Å²) in [4.78, 5) is 12.4. The Morgan fingerprint density at radius 3 is 2.39 bits per heavy atom. The number of nitrogens with one attached hydrogen (secondary N) is 1. The Bertz CT molecular complexity index is 845. The van der Waals surface area contributed by atoms with Crippen molar-refractivity contribution in [2.24, 2.45) is 0 Å². The molecule has 122 valence electrons. The minimum Gasteiger partial charge on any atom is -0.322 e. The van der Waals surface area contributed by atoms with Crippen molar-refractivity contribution in [3.63, 3.8) is 0 Å². The molecule has 0 fully saturated rings. The van der Waals surface area contributed by atoms with E-state index < -0.39 is 9.84 Å². The Morgan fingerprint density at radius 2 is 1.78 bits per heavy atom. The number of hydrogen-bond donors (Lipinski definition) is 1. The van der Waals surface area contributed by atoms with Crippen LogP contribution in [0, 0.1) is 0 Å². The van der Waals surface area contributed by atoms with Crippen molar-refractivity contribution in [3.8, 4) is 0 Å². The van der Waals surface area contributed by atoms with E-state index in [0.29, 0.717) is 5.69 Å². The van der Waals surface area contributed by atoms with Crippen LogP contribution in [0.5, 0.6) is 0 Å². The maximum absolute atomic E-state index is 12.4. The lowest BCUT2D eigenvalue weighted by Crippen LogP contribution is -2.14. The number of halogens is 1. The quantitative estimate of drug-likeness (QED) is 0.901. The zero-order chi connectivity index (χ0) is 17.2. The zero-order valence-corrected chi connectivity index (χ0v) is 14.7. The molecule has 0 aliphatic carbocycles. The fraction of sp³-hybridized carbons (Fsp3) is 0.235. The van der Waals surface area contributed by atoms with Crippen LogP contribution in [0.25, 0.3) is 0 Å². The molecular weight excluding hydrogens is 334 g/mol. The summed E-state index contributed by atoms with van der Waals surface area (Å²) in [5.41, 5.74) is 1.97. The molecule has 0 atom stereocenters. The molecule has 2 aromatic carbocycles. The van der Waals surface area contributed by atoms with E-state index in [4.69, 9.17) is 11.6 Å². The molecule has 0 unspecified atom stereocenters. The van der Waals surface area contributed by atoms with Gasteiger partial charge in [0.15, 0.2) is 9.84 Å². The average molecular weight is 352 g/mol. The Kier molecular flexibility index (Phi) is 5.12.